The van der Waals surface area contributed by atoms with E-state index in [9.17, 15) is 0 Å². The van der Waals surface area contributed by atoms with Crippen molar-refractivity contribution in [1.82, 2.24) is 10.4 Å². The molecule has 1 N–H and O–H groups in total. The van der Waals surface area contributed by atoms with E-state index >= 15 is 0 Å². The summed E-state index contributed by atoms with van der Waals surface area (Å²) in [6.45, 7) is 2.71. The molecule has 1 aromatic heterocycles. The zero-order valence-electron chi connectivity index (χ0n) is 9.80. The highest BCUT2D eigenvalue weighted by atomic mass is 15.3. The molecule has 0 aliphatic rings. The summed E-state index contributed by atoms with van der Waals surface area (Å²) in [5, 5.41) is 4.34. The Morgan fingerprint density at radius 1 is 1.12 bits per heavy atom. The first-order valence-corrected chi connectivity index (χ1v) is 5.58. The van der Waals surface area contributed by atoms with E-state index in [2.05, 4.69) is 15.5 Å². The predicted molar refractivity (Wildman–Crippen MR) is 69.7 cm³/mol. The van der Waals surface area contributed by atoms with Crippen molar-refractivity contribution in [3.8, 4) is 0 Å². The van der Waals surface area contributed by atoms with Crippen molar-refractivity contribution >= 4 is 5.71 Å². The van der Waals surface area contributed by atoms with Crippen LogP contribution in [0.3, 0.4) is 0 Å². The Labute approximate surface area is 101 Å². The summed E-state index contributed by atoms with van der Waals surface area (Å²) < 4.78 is 0. The molecule has 3 heteroatoms. The Morgan fingerprint density at radius 3 is 2.53 bits per heavy atom. The molecule has 2 rings (SSSR count). The lowest BCUT2D eigenvalue weighted by Gasteiger charge is -2.03. The van der Waals surface area contributed by atoms with Crippen LogP contribution < -0.4 is 5.43 Å². The first kappa shape index (κ1) is 11.3. The molecule has 0 atom stereocenters. The highest BCUT2D eigenvalue weighted by Crippen LogP contribution is 2.00. The van der Waals surface area contributed by atoms with Crippen molar-refractivity contribution in [1.29, 1.82) is 0 Å². The number of nitrogens with zero attached hydrogens (tertiary/aromatic N) is 2. The molecule has 0 aliphatic carbocycles. The van der Waals surface area contributed by atoms with Crippen molar-refractivity contribution in [3.63, 3.8) is 0 Å². The summed E-state index contributed by atoms with van der Waals surface area (Å²) in [6.07, 6.45) is 3.57. The molecule has 0 radical (unpaired) electrons. The summed E-state index contributed by atoms with van der Waals surface area (Å²) in [5.74, 6) is 0. The normalized spacial score (nSPS) is 11.2. The number of aromatic nitrogens is 1. The number of hydrogen-bond donors (Lipinski definition) is 1. The van der Waals surface area contributed by atoms with Crippen molar-refractivity contribution < 1.29 is 0 Å². The largest absolute Gasteiger partial charge is 0.305 e. The second-order valence-corrected chi connectivity index (χ2v) is 3.75. The van der Waals surface area contributed by atoms with Crippen LogP contribution in [0.2, 0.25) is 0 Å². The molecule has 1 heterocycles. The second-order valence-electron chi connectivity index (χ2n) is 3.75. The lowest BCUT2D eigenvalue weighted by atomic mass is 10.1. The molecule has 2 aromatic rings. The fraction of sp³-hybridized carbons (Fsp3) is 0.143. The van der Waals surface area contributed by atoms with Gasteiger partial charge in [-0.1, -0.05) is 30.3 Å². The van der Waals surface area contributed by atoms with E-state index in [1.54, 1.807) is 12.4 Å². The Kier molecular flexibility index (Phi) is 3.86. The molecule has 0 saturated heterocycles. The Hall–Kier alpha value is -2.16. The first-order valence-electron chi connectivity index (χ1n) is 5.58. The van der Waals surface area contributed by atoms with Crippen LogP contribution in [0.1, 0.15) is 18.1 Å². The Balaban J connectivity index is 1.93. The lowest BCUT2D eigenvalue weighted by molar-refractivity contribution is 0.742. The molecule has 86 valence electrons. The fourth-order valence-corrected chi connectivity index (χ4v) is 1.49. The molecule has 0 fully saturated rings. The van der Waals surface area contributed by atoms with E-state index < -0.39 is 0 Å². The molecule has 0 unspecified atom stereocenters. The fourth-order valence-electron chi connectivity index (χ4n) is 1.49. The summed E-state index contributed by atoms with van der Waals surface area (Å²) in [5.41, 5.74) is 6.35. The standard InChI is InChI=1S/C14H15N3/c1-12(14-5-3-2-4-6-14)17-16-11-13-7-9-15-10-8-13/h2-10,16H,11H2,1H3/b17-12-. The molecule has 0 amide bonds. The van der Waals surface area contributed by atoms with E-state index in [0.717, 1.165) is 11.3 Å². The topological polar surface area (TPSA) is 37.3 Å². The van der Waals surface area contributed by atoms with E-state index in [1.165, 1.54) is 5.56 Å². The minimum Gasteiger partial charge on any atom is -0.305 e. The quantitative estimate of drug-likeness (QED) is 0.641. The van der Waals surface area contributed by atoms with Gasteiger partial charge in [0.05, 0.1) is 12.3 Å². The van der Waals surface area contributed by atoms with Crippen molar-refractivity contribution in [3.05, 3.63) is 66.0 Å². The smallest absolute Gasteiger partial charge is 0.0644 e. The van der Waals surface area contributed by atoms with Crippen molar-refractivity contribution in [2.45, 2.75) is 13.5 Å². The molecule has 0 spiro atoms. The van der Waals surface area contributed by atoms with Gasteiger partial charge >= 0.3 is 0 Å². The van der Waals surface area contributed by atoms with Gasteiger partial charge in [0.25, 0.3) is 0 Å². The molecular weight excluding hydrogens is 210 g/mol. The minimum atomic E-state index is 0.715. The first-order chi connectivity index (χ1) is 8.36. The van der Waals surface area contributed by atoms with Gasteiger partial charge in [-0.25, -0.2) is 0 Å². The van der Waals surface area contributed by atoms with E-state index in [1.807, 2.05) is 49.4 Å². The van der Waals surface area contributed by atoms with Crippen molar-refractivity contribution in [2.24, 2.45) is 5.10 Å². The van der Waals surface area contributed by atoms with E-state index in [-0.39, 0.29) is 0 Å². The highest BCUT2D eigenvalue weighted by Gasteiger charge is 1.95. The molecular formula is C14H15N3. The van der Waals surface area contributed by atoms with Gasteiger partial charge in [0.2, 0.25) is 0 Å². The van der Waals surface area contributed by atoms with E-state index in [4.69, 9.17) is 0 Å². The maximum absolute atomic E-state index is 4.34. The second kappa shape index (κ2) is 5.80. The number of benzene rings is 1. The van der Waals surface area contributed by atoms with Gasteiger partial charge in [-0.15, -0.1) is 0 Å². The summed E-state index contributed by atoms with van der Waals surface area (Å²) in [7, 11) is 0. The molecule has 3 nitrogen and oxygen atoms in total. The lowest BCUT2D eigenvalue weighted by Crippen LogP contribution is -2.09. The monoisotopic (exact) mass is 225 g/mol. The molecule has 0 saturated carbocycles. The summed E-state index contributed by atoms with van der Waals surface area (Å²) >= 11 is 0. The van der Waals surface area contributed by atoms with Gasteiger partial charge in [0, 0.05) is 12.4 Å². The van der Waals surface area contributed by atoms with Gasteiger partial charge in [0.15, 0.2) is 0 Å². The zero-order chi connectivity index (χ0) is 11.9. The maximum atomic E-state index is 4.34. The third-order valence-electron chi connectivity index (χ3n) is 2.47. The summed E-state index contributed by atoms with van der Waals surface area (Å²) in [6, 6.07) is 14.1. The van der Waals surface area contributed by atoms with Gasteiger partial charge in [-0.3, -0.25) is 4.98 Å². The third-order valence-corrected chi connectivity index (χ3v) is 2.47. The van der Waals surface area contributed by atoms with Gasteiger partial charge in [0.1, 0.15) is 0 Å². The maximum Gasteiger partial charge on any atom is 0.0644 e. The highest BCUT2D eigenvalue weighted by molar-refractivity contribution is 5.98. The molecule has 1 aromatic carbocycles. The minimum absolute atomic E-state index is 0.715. The Bertz CT molecular complexity index is 477. The summed E-state index contributed by atoms with van der Waals surface area (Å²) in [4.78, 5) is 3.97. The third kappa shape index (κ3) is 3.41. The van der Waals surface area contributed by atoms with Gasteiger partial charge in [-0.05, 0) is 30.2 Å². The van der Waals surface area contributed by atoms with Crippen LogP contribution in [-0.4, -0.2) is 10.7 Å². The van der Waals surface area contributed by atoms with Gasteiger partial charge in [-0.2, -0.15) is 5.10 Å². The van der Waals surface area contributed by atoms with E-state index in [0.29, 0.717) is 6.54 Å². The number of hydrogen-bond acceptors (Lipinski definition) is 3. The number of nitrogens with one attached hydrogen (secondary N) is 1. The average molecular weight is 225 g/mol. The zero-order valence-corrected chi connectivity index (χ0v) is 9.80. The number of pyridine rings is 1. The molecule has 0 bridgehead atoms. The predicted octanol–water partition coefficient (Wildman–Crippen LogP) is 2.60. The van der Waals surface area contributed by atoms with Crippen LogP contribution in [-0.2, 0) is 6.54 Å². The van der Waals surface area contributed by atoms with Crippen LogP contribution in [0.15, 0.2) is 60.0 Å². The van der Waals surface area contributed by atoms with Crippen LogP contribution in [0.4, 0.5) is 0 Å². The molecule has 0 aliphatic heterocycles. The van der Waals surface area contributed by atoms with Crippen molar-refractivity contribution in [2.75, 3.05) is 0 Å². The Morgan fingerprint density at radius 2 is 1.82 bits per heavy atom. The SMILES string of the molecule is C/C(=N/NCc1ccncc1)c1ccccc1. The molecule has 17 heavy (non-hydrogen) atoms. The van der Waals surface area contributed by atoms with Gasteiger partial charge < -0.3 is 5.43 Å². The van der Waals surface area contributed by atoms with Crippen LogP contribution >= 0.6 is 0 Å². The number of rotatable bonds is 4. The van der Waals surface area contributed by atoms with Crippen LogP contribution in [0, 0.1) is 0 Å². The average Bonchev–Trinajstić information content (AvgIpc) is 2.41. The van der Waals surface area contributed by atoms with Crippen LogP contribution in [0.25, 0.3) is 0 Å². The van der Waals surface area contributed by atoms with Crippen LogP contribution in [0.5, 0.6) is 0 Å². The number of hydrazone groups is 1.